The molecule has 0 aliphatic carbocycles. The molecule has 0 bridgehead atoms. The lowest BCUT2D eigenvalue weighted by molar-refractivity contribution is -0.138. The summed E-state index contributed by atoms with van der Waals surface area (Å²) in [5.41, 5.74) is -0.801. The Morgan fingerprint density at radius 1 is 1.10 bits per heavy atom. The van der Waals surface area contributed by atoms with E-state index in [4.69, 9.17) is 39.9 Å². The fraction of sp³-hybridized carbons (Fsp3) is 0.154. The predicted octanol–water partition coefficient (Wildman–Crippen LogP) is 5.22. The van der Waals surface area contributed by atoms with Gasteiger partial charge in [0.15, 0.2) is 0 Å². The van der Waals surface area contributed by atoms with E-state index in [2.05, 4.69) is 4.98 Å². The molecule has 2 rings (SSSR count). The molecule has 112 valence electrons. The maximum Gasteiger partial charge on any atom is 0.418 e. The smallest absolute Gasteiger partial charge is 0.392 e. The molecule has 0 fully saturated rings. The van der Waals surface area contributed by atoms with Crippen molar-refractivity contribution >= 4 is 34.8 Å². The number of nitrogens with zero attached hydrogens (tertiary/aromatic N) is 1. The van der Waals surface area contributed by atoms with Crippen LogP contribution in [0, 0.1) is 0 Å². The molecule has 0 saturated heterocycles. The summed E-state index contributed by atoms with van der Waals surface area (Å²) in [6, 6.07) is 4.07. The maximum absolute atomic E-state index is 12.8. The first kappa shape index (κ1) is 16.4. The highest BCUT2D eigenvalue weighted by Gasteiger charge is 2.34. The van der Waals surface area contributed by atoms with Gasteiger partial charge in [0.05, 0.1) is 32.9 Å². The van der Waals surface area contributed by atoms with Crippen LogP contribution < -0.4 is 0 Å². The van der Waals surface area contributed by atoms with Crippen LogP contribution in [0.1, 0.15) is 11.1 Å². The molecular weight excluding hydrogens is 350 g/mol. The van der Waals surface area contributed by atoms with Gasteiger partial charge in [-0.15, -0.1) is 0 Å². The van der Waals surface area contributed by atoms with Crippen molar-refractivity contribution in [1.29, 1.82) is 0 Å². The summed E-state index contributed by atoms with van der Waals surface area (Å²) in [5.74, 6) is 0. The van der Waals surface area contributed by atoms with Gasteiger partial charge < -0.3 is 5.11 Å². The van der Waals surface area contributed by atoms with Crippen LogP contribution in [0.3, 0.4) is 0 Å². The lowest BCUT2D eigenvalue weighted by Crippen LogP contribution is -2.10. The second-order valence-electron chi connectivity index (χ2n) is 4.11. The van der Waals surface area contributed by atoms with Gasteiger partial charge in [0.1, 0.15) is 0 Å². The van der Waals surface area contributed by atoms with Gasteiger partial charge in [0.25, 0.3) is 0 Å². The number of rotatable bonds is 2. The third-order valence-electron chi connectivity index (χ3n) is 2.78. The Hall–Kier alpha value is -1.01. The van der Waals surface area contributed by atoms with E-state index in [0.29, 0.717) is 11.8 Å². The molecule has 0 aliphatic heterocycles. The summed E-state index contributed by atoms with van der Waals surface area (Å²) in [5, 5.41) is 9.50. The highest BCUT2D eigenvalue weighted by Crippen LogP contribution is 2.39. The second kappa shape index (κ2) is 6.01. The third-order valence-corrected chi connectivity index (χ3v) is 4.07. The second-order valence-corrected chi connectivity index (χ2v) is 5.27. The highest BCUT2D eigenvalue weighted by atomic mass is 35.5. The van der Waals surface area contributed by atoms with Crippen molar-refractivity contribution < 1.29 is 18.3 Å². The molecule has 21 heavy (non-hydrogen) atoms. The zero-order valence-electron chi connectivity index (χ0n) is 10.2. The zero-order chi connectivity index (χ0) is 15.8. The van der Waals surface area contributed by atoms with Gasteiger partial charge in [0, 0.05) is 11.8 Å². The number of aliphatic hydroxyl groups is 1. The van der Waals surface area contributed by atoms with E-state index in [-0.39, 0.29) is 26.3 Å². The summed E-state index contributed by atoms with van der Waals surface area (Å²) >= 11 is 17.7. The number of halogens is 6. The Morgan fingerprint density at radius 2 is 1.76 bits per heavy atom. The Morgan fingerprint density at radius 3 is 2.33 bits per heavy atom. The van der Waals surface area contributed by atoms with Crippen molar-refractivity contribution in [3.63, 3.8) is 0 Å². The number of pyridine rings is 1. The van der Waals surface area contributed by atoms with Crippen molar-refractivity contribution in [2.45, 2.75) is 12.8 Å². The summed E-state index contributed by atoms with van der Waals surface area (Å²) in [7, 11) is 0. The van der Waals surface area contributed by atoms with Crippen LogP contribution in [0.25, 0.3) is 11.3 Å². The van der Waals surface area contributed by atoms with Gasteiger partial charge in [-0.1, -0.05) is 34.8 Å². The maximum atomic E-state index is 12.8. The molecule has 0 unspecified atom stereocenters. The molecule has 0 amide bonds. The van der Waals surface area contributed by atoms with E-state index >= 15 is 0 Å². The van der Waals surface area contributed by atoms with E-state index in [1.54, 1.807) is 0 Å². The van der Waals surface area contributed by atoms with Crippen LogP contribution in [0.2, 0.25) is 15.1 Å². The van der Waals surface area contributed by atoms with Gasteiger partial charge in [-0.3, -0.25) is 4.98 Å². The molecule has 8 heteroatoms. The van der Waals surface area contributed by atoms with Crippen molar-refractivity contribution in [1.82, 2.24) is 4.98 Å². The minimum atomic E-state index is -4.59. The average molecular weight is 357 g/mol. The number of hydrogen-bond acceptors (Lipinski definition) is 2. The van der Waals surface area contributed by atoms with Crippen LogP contribution in [0.5, 0.6) is 0 Å². The summed E-state index contributed by atoms with van der Waals surface area (Å²) in [6.07, 6.45) is -3.94. The molecule has 2 aromatic rings. The Labute approximate surface area is 133 Å². The molecule has 0 atom stereocenters. The van der Waals surface area contributed by atoms with E-state index in [1.165, 1.54) is 12.1 Å². The molecule has 0 spiro atoms. The number of hydrogen-bond donors (Lipinski definition) is 1. The molecule has 0 saturated carbocycles. The molecule has 0 aliphatic rings. The predicted molar refractivity (Wildman–Crippen MR) is 75.6 cm³/mol. The van der Waals surface area contributed by atoms with Gasteiger partial charge in [-0.25, -0.2) is 0 Å². The van der Waals surface area contributed by atoms with E-state index in [0.717, 1.165) is 6.07 Å². The fourth-order valence-corrected chi connectivity index (χ4v) is 2.39. The first-order valence-electron chi connectivity index (χ1n) is 5.56. The SMILES string of the molecule is OCc1cc(-c2ccc(Cl)c(Cl)c2Cl)ncc1C(F)(F)F. The summed E-state index contributed by atoms with van der Waals surface area (Å²) < 4.78 is 38.3. The fourth-order valence-electron chi connectivity index (χ4n) is 1.75. The molecule has 1 aromatic heterocycles. The first-order valence-corrected chi connectivity index (χ1v) is 6.70. The minimum Gasteiger partial charge on any atom is -0.392 e. The summed E-state index contributed by atoms with van der Waals surface area (Å²) in [4.78, 5) is 3.74. The molecule has 1 heterocycles. The molecule has 0 radical (unpaired) electrons. The Balaban J connectivity index is 2.59. The third kappa shape index (κ3) is 3.26. The van der Waals surface area contributed by atoms with Gasteiger partial charge in [-0.05, 0) is 23.8 Å². The molecule has 2 nitrogen and oxygen atoms in total. The topological polar surface area (TPSA) is 33.1 Å². The lowest BCUT2D eigenvalue weighted by atomic mass is 10.1. The van der Waals surface area contributed by atoms with Crippen molar-refractivity contribution in [2.24, 2.45) is 0 Å². The van der Waals surface area contributed by atoms with Crippen LogP contribution in [0.4, 0.5) is 13.2 Å². The molecule has 1 N–H and O–H groups in total. The van der Waals surface area contributed by atoms with Crippen molar-refractivity contribution in [3.8, 4) is 11.3 Å². The lowest BCUT2D eigenvalue weighted by Gasteiger charge is -2.13. The number of benzene rings is 1. The normalized spacial score (nSPS) is 11.8. The first-order chi connectivity index (χ1) is 9.75. The van der Waals surface area contributed by atoms with Crippen molar-refractivity contribution in [3.05, 3.63) is 50.6 Å². The average Bonchev–Trinajstić information content (AvgIpc) is 2.43. The largest absolute Gasteiger partial charge is 0.418 e. The van der Waals surface area contributed by atoms with E-state index in [9.17, 15) is 13.2 Å². The van der Waals surface area contributed by atoms with Crippen LogP contribution in [0.15, 0.2) is 24.4 Å². The standard InChI is InChI=1S/C13H7Cl3F3NO/c14-9-2-1-7(11(15)12(9)16)10-3-6(5-21)8(4-20-10)13(17,18)19/h1-4,21H,5H2. The van der Waals surface area contributed by atoms with Crippen molar-refractivity contribution in [2.75, 3.05) is 0 Å². The van der Waals surface area contributed by atoms with Crippen LogP contribution in [-0.4, -0.2) is 10.1 Å². The monoisotopic (exact) mass is 355 g/mol. The number of aromatic nitrogens is 1. The number of aliphatic hydroxyl groups excluding tert-OH is 1. The highest BCUT2D eigenvalue weighted by molar-refractivity contribution is 6.49. The summed E-state index contributed by atoms with van der Waals surface area (Å²) in [6.45, 7) is -0.774. The van der Waals surface area contributed by atoms with Gasteiger partial charge in [0.2, 0.25) is 0 Å². The van der Waals surface area contributed by atoms with Gasteiger partial charge in [-0.2, -0.15) is 13.2 Å². The minimum absolute atomic E-state index is 0.0836. The van der Waals surface area contributed by atoms with Gasteiger partial charge >= 0.3 is 6.18 Å². The van der Waals surface area contributed by atoms with Crippen LogP contribution >= 0.6 is 34.8 Å². The zero-order valence-corrected chi connectivity index (χ0v) is 12.4. The molecule has 1 aromatic carbocycles. The van der Waals surface area contributed by atoms with Crippen LogP contribution in [-0.2, 0) is 12.8 Å². The Kier molecular flexibility index (Phi) is 4.68. The number of alkyl halides is 3. The van der Waals surface area contributed by atoms with E-state index in [1.807, 2.05) is 0 Å². The quantitative estimate of drug-likeness (QED) is 0.748. The van der Waals surface area contributed by atoms with E-state index < -0.39 is 18.3 Å². The Bertz CT molecular complexity index is 689. The molecular formula is C13H7Cl3F3NO.